The van der Waals surface area contributed by atoms with Crippen LogP contribution in [0.2, 0.25) is 0 Å². The Balaban J connectivity index is 4.63. The average molecular weight is 215 g/mol. The topological polar surface area (TPSA) is 101 Å². The Labute approximate surface area is 88.6 Å². The predicted octanol–water partition coefficient (Wildman–Crippen LogP) is 0.0763. The van der Waals surface area contributed by atoms with Crippen molar-refractivity contribution >= 4 is 11.8 Å². The number of carbonyl (C=O) groups excluding carboxylic acids is 1. The largest absolute Gasteiger partial charge is 0.480 e. The first-order valence-corrected chi connectivity index (χ1v) is 4.83. The molecule has 0 bridgehead atoms. The van der Waals surface area contributed by atoms with Crippen LogP contribution in [0.25, 0.3) is 0 Å². The van der Waals surface area contributed by atoms with E-state index in [0.29, 0.717) is 6.42 Å². The molecule has 0 aromatic heterocycles. The lowest BCUT2D eigenvalue weighted by atomic mass is 9.91. The SMILES string of the molecule is CCCC=CC(=O)[C@](N)(CCO)C(=O)O. The van der Waals surface area contributed by atoms with Gasteiger partial charge >= 0.3 is 5.97 Å². The van der Waals surface area contributed by atoms with E-state index in [1.165, 1.54) is 6.08 Å². The number of ketones is 1. The highest BCUT2D eigenvalue weighted by Gasteiger charge is 2.39. The van der Waals surface area contributed by atoms with Gasteiger partial charge in [0.15, 0.2) is 11.3 Å². The zero-order valence-electron chi connectivity index (χ0n) is 8.77. The van der Waals surface area contributed by atoms with Crippen LogP contribution in [0.15, 0.2) is 12.2 Å². The molecule has 0 aromatic carbocycles. The number of rotatable bonds is 7. The molecular formula is C10H17NO4. The highest BCUT2D eigenvalue weighted by molar-refractivity contribution is 6.12. The van der Waals surface area contributed by atoms with E-state index in [1.807, 2.05) is 6.92 Å². The van der Waals surface area contributed by atoms with Gasteiger partial charge in [-0.1, -0.05) is 19.4 Å². The zero-order valence-corrected chi connectivity index (χ0v) is 8.77. The van der Waals surface area contributed by atoms with Gasteiger partial charge < -0.3 is 15.9 Å². The summed E-state index contributed by atoms with van der Waals surface area (Å²) in [6.45, 7) is 1.51. The summed E-state index contributed by atoms with van der Waals surface area (Å²) < 4.78 is 0. The van der Waals surface area contributed by atoms with Gasteiger partial charge in [0.25, 0.3) is 0 Å². The maximum absolute atomic E-state index is 11.5. The van der Waals surface area contributed by atoms with Gasteiger partial charge in [-0.15, -0.1) is 0 Å². The lowest BCUT2D eigenvalue weighted by Gasteiger charge is -2.20. The first-order chi connectivity index (χ1) is 6.99. The summed E-state index contributed by atoms with van der Waals surface area (Å²) in [6, 6.07) is 0. The fourth-order valence-corrected chi connectivity index (χ4v) is 1.02. The summed E-state index contributed by atoms with van der Waals surface area (Å²) in [5.41, 5.74) is 3.42. The van der Waals surface area contributed by atoms with Crippen LogP contribution < -0.4 is 5.73 Å². The molecule has 0 aliphatic carbocycles. The van der Waals surface area contributed by atoms with E-state index in [2.05, 4.69) is 0 Å². The third kappa shape index (κ3) is 3.81. The first kappa shape index (κ1) is 13.8. The van der Waals surface area contributed by atoms with Crippen LogP contribution in [0, 0.1) is 0 Å². The van der Waals surface area contributed by atoms with Crippen molar-refractivity contribution in [3.63, 3.8) is 0 Å². The van der Waals surface area contributed by atoms with Crippen LogP contribution in [0.5, 0.6) is 0 Å². The van der Waals surface area contributed by atoms with Crippen LogP contribution in [0.3, 0.4) is 0 Å². The monoisotopic (exact) mass is 215 g/mol. The van der Waals surface area contributed by atoms with E-state index in [0.717, 1.165) is 6.42 Å². The van der Waals surface area contributed by atoms with Crippen molar-refractivity contribution < 1.29 is 19.8 Å². The molecule has 15 heavy (non-hydrogen) atoms. The summed E-state index contributed by atoms with van der Waals surface area (Å²) in [5, 5.41) is 17.5. The average Bonchev–Trinajstić information content (AvgIpc) is 2.18. The molecule has 0 heterocycles. The van der Waals surface area contributed by atoms with Crippen LogP contribution in [0.1, 0.15) is 26.2 Å². The van der Waals surface area contributed by atoms with Crippen molar-refractivity contribution in [1.29, 1.82) is 0 Å². The van der Waals surface area contributed by atoms with Gasteiger partial charge in [0, 0.05) is 13.0 Å². The lowest BCUT2D eigenvalue weighted by molar-refractivity contribution is -0.147. The number of hydrogen-bond donors (Lipinski definition) is 3. The Morgan fingerprint density at radius 1 is 1.47 bits per heavy atom. The van der Waals surface area contributed by atoms with Crippen molar-refractivity contribution in [2.75, 3.05) is 6.61 Å². The summed E-state index contributed by atoms with van der Waals surface area (Å²) in [6.07, 6.45) is 4.05. The summed E-state index contributed by atoms with van der Waals surface area (Å²) in [4.78, 5) is 22.3. The molecule has 0 saturated heterocycles. The van der Waals surface area contributed by atoms with E-state index in [9.17, 15) is 9.59 Å². The van der Waals surface area contributed by atoms with Gasteiger partial charge in [-0.25, -0.2) is 4.79 Å². The molecule has 0 rings (SSSR count). The molecule has 0 aromatic rings. The Hall–Kier alpha value is -1.20. The fraction of sp³-hybridized carbons (Fsp3) is 0.600. The van der Waals surface area contributed by atoms with E-state index in [-0.39, 0.29) is 6.42 Å². The molecule has 0 aliphatic rings. The van der Waals surface area contributed by atoms with E-state index in [1.54, 1.807) is 6.08 Å². The zero-order chi connectivity index (χ0) is 11.9. The molecule has 0 radical (unpaired) electrons. The fourth-order valence-electron chi connectivity index (χ4n) is 1.02. The highest BCUT2D eigenvalue weighted by Crippen LogP contribution is 2.09. The second-order valence-corrected chi connectivity index (χ2v) is 3.31. The number of hydrogen-bond acceptors (Lipinski definition) is 4. The second-order valence-electron chi connectivity index (χ2n) is 3.31. The molecule has 0 fully saturated rings. The Morgan fingerprint density at radius 2 is 2.07 bits per heavy atom. The van der Waals surface area contributed by atoms with Gasteiger partial charge in [0.05, 0.1) is 0 Å². The normalized spacial score (nSPS) is 15.1. The number of unbranched alkanes of at least 4 members (excludes halogenated alkanes) is 1. The van der Waals surface area contributed by atoms with Gasteiger partial charge in [-0.05, 0) is 12.5 Å². The molecule has 0 amide bonds. The van der Waals surface area contributed by atoms with E-state index >= 15 is 0 Å². The molecule has 5 nitrogen and oxygen atoms in total. The van der Waals surface area contributed by atoms with Crippen molar-refractivity contribution in [2.24, 2.45) is 5.73 Å². The predicted molar refractivity (Wildman–Crippen MR) is 55.3 cm³/mol. The molecule has 4 N–H and O–H groups in total. The Morgan fingerprint density at radius 3 is 2.47 bits per heavy atom. The standard InChI is InChI=1S/C10H17NO4/c1-2-3-4-5-8(13)10(11,6-7-12)9(14)15/h4-5,12H,2-3,6-7,11H2,1H3,(H,14,15)/t10-/m1/s1. The van der Waals surface area contributed by atoms with Crippen molar-refractivity contribution in [3.05, 3.63) is 12.2 Å². The Bertz CT molecular complexity index is 262. The number of aliphatic carboxylic acids is 1. The summed E-state index contributed by atoms with van der Waals surface area (Å²) >= 11 is 0. The number of carbonyl (C=O) groups is 2. The summed E-state index contributed by atoms with van der Waals surface area (Å²) in [7, 11) is 0. The minimum Gasteiger partial charge on any atom is -0.480 e. The van der Waals surface area contributed by atoms with Gasteiger partial charge in [-0.2, -0.15) is 0 Å². The van der Waals surface area contributed by atoms with Gasteiger partial charge in [-0.3, -0.25) is 4.79 Å². The molecule has 86 valence electrons. The first-order valence-electron chi connectivity index (χ1n) is 4.83. The maximum Gasteiger partial charge on any atom is 0.331 e. The second kappa shape index (κ2) is 6.31. The van der Waals surface area contributed by atoms with Crippen LogP contribution >= 0.6 is 0 Å². The third-order valence-electron chi connectivity index (χ3n) is 2.05. The molecule has 0 aliphatic heterocycles. The number of aliphatic hydroxyl groups excluding tert-OH is 1. The van der Waals surface area contributed by atoms with E-state index < -0.39 is 23.9 Å². The third-order valence-corrected chi connectivity index (χ3v) is 2.05. The van der Waals surface area contributed by atoms with Crippen molar-refractivity contribution in [1.82, 2.24) is 0 Å². The van der Waals surface area contributed by atoms with Crippen molar-refractivity contribution in [3.8, 4) is 0 Å². The van der Waals surface area contributed by atoms with Crippen molar-refractivity contribution in [2.45, 2.75) is 31.7 Å². The van der Waals surface area contributed by atoms with Crippen LogP contribution in [-0.4, -0.2) is 34.1 Å². The number of allylic oxidation sites excluding steroid dienone is 1. The number of nitrogens with two attached hydrogens (primary N) is 1. The number of aliphatic hydroxyl groups is 1. The number of carboxylic acid groups (broad SMARTS) is 1. The quantitative estimate of drug-likeness (QED) is 0.412. The highest BCUT2D eigenvalue weighted by atomic mass is 16.4. The number of carboxylic acids is 1. The van der Waals surface area contributed by atoms with Gasteiger partial charge in [0.2, 0.25) is 0 Å². The molecule has 0 spiro atoms. The smallest absolute Gasteiger partial charge is 0.331 e. The molecule has 1 atom stereocenters. The minimum atomic E-state index is -2.00. The van der Waals surface area contributed by atoms with Crippen LogP contribution in [-0.2, 0) is 9.59 Å². The summed E-state index contributed by atoms with van der Waals surface area (Å²) in [5.74, 6) is -2.10. The maximum atomic E-state index is 11.5. The molecule has 5 heteroatoms. The van der Waals surface area contributed by atoms with Crippen LogP contribution in [0.4, 0.5) is 0 Å². The minimum absolute atomic E-state index is 0.280. The lowest BCUT2D eigenvalue weighted by Crippen LogP contribution is -2.54. The van der Waals surface area contributed by atoms with Gasteiger partial charge in [0.1, 0.15) is 0 Å². The Kier molecular flexibility index (Phi) is 5.81. The molecule has 0 saturated carbocycles. The molecular weight excluding hydrogens is 198 g/mol. The van der Waals surface area contributed by atoms with E-state index in [4.69, 9.17) is 15.9 Å². The molecule has 0 unspecified atom stereocenters.